The summed E-state index contributed by atoms with van der Waals surface area (Å²) in [6, 6.07) is 11.7. The Morgan fingerprint density at radius 1 is 1.05 bits per heavy atom. The highest BCUT2D eigenvalue weighted by Gasteiger charge is 2.35. The molecule has 1 aromatic rings. The van der Waals surface area contributed by atoms with Crippen molar-refractivity contribution in [1.29, 1.82) is 0 Å². The van der Waals surface area contributed by atoms with E-state index in [-0.39, 0.29) is 24.8 Å². The van der Waals surface area contributed by atoms with Crippen LogP contribution in [0.1, 0.15) is 24.8 Å². The monoisotopic (exact) mass is 316 g/mol. The molecule has 20 heavy (non-hydrogen) atoms. The molecule has 2 nitrogen and oxygen atoms in total. The van der Waals surface area contributed by atoms with Gasteiger partial charge in [0.2, 0.25) is 0 Å². The van der Waals surface area contributed by atoms with E-state index in [0.717, 1.165) is 12.0 Å². The van der Waals surface area contributed by atoms with Crippen molar-refractivity contribution in [2.45, 2.75) is 31.7 Å². The number of nitrogens with zero attached hydrogens (tertiary/aromatic N) is 1. The van der Waals surface area contributed by atoms with Gasteiger partial charge in [-0.1, -0.05) is 30.3 Å². The predicted molar refractivity (Wildman–Crippen MR) is 90.2 cm³/mol. The van der Waals surface area contributed by atoms with Crippen LogP contribution in [0.15, 0.2) is 30.3 Å². The molecule has 1 N–H and O–H groups in total. The fraction of sp³-hybridized carbons (Fsp3) is 0.625. The number of unbranched alkanes of at least 4 members (excludes halogenated alkanes) is 1. The molecule has 2 saturated heterocycles. The average molecular weight is 317 g/mol. The molecule has 0 aromatic heterocycles. The molecule has 0 aliphatic carbocycles. The molecule has 4 heteroatoms. The van der Waals surface area contributed by atoms with Crippen LogP contribution >= 0.6 is 24.8 Å². The zero-order chi connectivity index (χ0) is 12.2. The number of likely N-dealkylation sites (tertiary alicyclic amines) is 1. The van der Waals surface area contributed by atoms with Crippen LogP contribution in [0.2, 0.25) is 0 Å². The first-order chi connectivity index (χ1) is 8.92. The molecular formula is C16H26Cl2N2. The van der Waals surface area contributed by atoms with E-state index in [9.17, 15) is 0 Å². The summed E-state index contributed by atoms with van der Waals surface area (Å²) >= 11 is 0. The summed E-state index contributed by atoms with van der Waals surface area (Å²) in [7, 11) is 0. The lowest BCUT2D eigenvalue weighted by molar-refractivity contribution is 0.307. The van der Waals surface area contributed by atoms with E-state index in [1.807, 2.05) is 0 Å². The third kappa shape index (κ3) is 4.63. The smallest absolute Gasteiger partial charge is 0.0235 e. The molecule has 3 rings (SSSR count). The first-order valence-corrected chi connectivity index (χ1v) is 7.41. The Hall–Kier alpha value is -0.280. The van der Waals surface area contributed by atoms with Crippen molar-refractivity contribution in [2.24, 2.45) is 5.92 Å². The number of aryl methyl sites for hydroxylation is 1. The summed E-state index contributed by atoms with van der Waals surface area (Å²) < 4.78 is 0. The summed E-state index contributed by atoms with van der Waals surface area (Å²) in [5.41, 5.74) is 1.48. The number of halogens is 2. The molecule has 2 aliphatic rings. The van der Waals surface area contributed by atoms with Gasteiger partial charge in [0.05, 0.1) is 0 Å². The van der Waals surface area contributed by atoms with E-state index >= 15 is 0 Å². The SMILES string of the molecule is Cl.Cl.c1ccc(CCCCN2C[C@@H]3CCN[C@@H]3C2)cc1. The number of hydrogen-bond donors (Lipinski definition) is 1. The number of nitrogens with one attached hydrogen (secondary N) is 1. The minimum atomic E-state index is 0. The first-order valence-electron chi connectivity index (χ1n) is 7.41. The molecule has 2 heterocycles. The molecule has 1 aromatic carbocycles. The van der Waals surface area contributed by atoms with E-state index in [2.05, 4.69) is 40.5 Å². The second-order valence-electron chi connectivity index (χ2n) is 5.81. The zero-order valence-electron chi connectivity index (χ0n) is 12.0. The number of hydrogen-bond acceptors (Lipinski definition) is 2. The molecule has 0 amide bonds. The lowest BCUT2D eigenvalue weighted by Crippen LogP contribution is -2.30. The van der Waals surface area contributed by atoms with E-state index in [1.54, 1.807) is 0 Å². The second-order valence-corrected chi connectivity index (χ2v) is 5.81. The van der Waals surface area contributed by atoms with Crippen molar-refractivity contribution in [3.05, 3.63) is 35.9 Å². The zero-order valence-corrected chi connectivity index (χ0v) is 13.6. The van der Waals surface area contributed by atoms with E-state index in [0.29, 0.717) is 0 Å². The first kappa shape index (κ1) is 17.8. The maximum atomic E-state index is 3.62. The Kier molecular flexibility index (Phi) is 7.90. The largest absolute Gasteiger partial charge is 0.312 e. The minimum Gasteiger partial charge on any atom is -0.312 e. The van der Waals surface area contributed by atoms with Gasteiger partial charge in [-0.3, -0.25) is 0 Å². The van der Waals surface area contributed by atoms with E-state index in [4.69, 9.17) is 0 Å². The van der Waals surface area contributed by atoms with Crippen molar-refractivity contribution in [1.82, 2.24) is 10.2 Å². The van der Waals surface area contributed by atoms with E-state index in [1.165, 1.54) is 57.4 Å². The highest BCUT2D eigenvalue weighted by atomic mass is 35.5. The van der Waals surface area contributed by atoms with Gasteiger partial charge in [0.25, 0.3) is 0 Å². The lowest BCUT2D eigenvalue weighted by atomic mass is 10.1. The topological polar surface area (TPSA) is 15.3 Å². The normalized spacial score (nSPS) is 24.8. The molecule has 2 atom stereocenters. The van der Waals surface area contributed by atoms with Gasteiger partial charge in [0.15, 0.2) is 0 Å². The molecule has 114 valence electrons. The Morgan fingerprint density at radius 3 is 2.60 bits per heavy atom. The van der Waals surface area contributed by atoms with Gasteiger partial charge >= 0.3 is 0 Å². The summed E-state index contributed by atoms with van der Waals surface area (Å²) in [4.78, 5) is 2.66. The molecule has 2 aliphatic heterocycles. The van der Waals surface area contributed by atoms with Crippen molar-refractivity contribution in [2.75, 3.05) is 26.2 Å². The molecule has 2 fully saturated rings. The van der Waals surface area contributed by atoms with Crippen molar-refractivity contribution in [3.63, 3.8) is 0 Å². The number of fused-ring (bicyclic) bond motifs is 1. The van der Waals surface area contributed by atoms with Crippen LogP contribution in [0.4, 0.5) is 0 Å². The Labute approximate surface area is 135 Å². The summed E-state index contributed by atoms with van der Waals surface area (Å²) in [6.07, 6.45) is 5.29. The highest BCUT2D eigenvalue weighted by molar-refractivity contribution is 5.85. The number of rotatable bonds is 5. The fourth-order valence-electron chi connectivity index (χ4n) is 3.43. The quantitative estimate of drug-likeness (QED) is 0.839. The van der Waals surface area contributed by atoms with Crippen LogP contribution in [-0.4, -0.2) is 37.1 Å². The van der Waals surface area contributed by atoms with Crippen LogP contribution in [0, 0.1) is 5.92 Å². The van der Waals surface area contributed by atoms with Crippen molar-refractivity contribution in [3.8, 4) is 0 Å². The van der Waals surface area contributed by atoms with Crippen LogP contribution < -0.4 is 5.32 Å². The molecular weight excluding hydrogens is 291 g/mol. The van der Waals surface area contributed by atoms with Crippen LogP contribution in [-0.2, 0) is 6.42 Å². The lowest BCUT2D eigenvalue weighted by Gasteiger charge is -2.16. The Balaban J connectivity index is 0.000001000. The fourth-order valence-corrected chi connectivity index (χ4v) is 3.43. The predicted octanol–water partition coefficient (Wildman–Crippen LogP) is 3.15. The van der Waals surface area contributed by atoms with Crippen LogP contribution in [0.3, 0.4) is 0 Å². The van der Waals surface area contributed by atoms with Gasteiger partial charge in [0, 0.05) is 19.1 Å². The van der Waals surface area contributed by atoms with E-state index < -0.39 is 0 Å². The Bertz CT molecular complexity index is 360. The average Bonchev–Trinajstić information content (AvgIpc) is 2.96. The number of benzene rings is 1. The highest BCUT2D eigenvalue weighted by Crippen LogP contribution is 2.24. The van der Waals surface area contributed by atoms with Gasteiger partial charge in [-0.25, -0.2) is 0 Å². The molecule has 0 radical (unpaired) electrons. The molecule has 0 bridgehead atoms. The summed E-state index contributed by atoms with van der Waals surface area (Å²) in [6.45, 7) is 5.16. The molecule has 0 unspecified atom stereocenters. The second kappa shape index (κ2) is 8.89. The summed E-state index contributed by atoms with van der Waals surface area (Å²) in [5.74, 6) is 0.944. The van der Waals surface area contributed by atoms with Gasteiger partial charge in [0.1, 0.15) is 0 Å². The Morgan fingerprint density at radius 2 is 1.85 bits per heavy atom. The maximum Gasteiger partial charge on any atom is 0.0235 e. The third-order valence-corrected chi connectivity index (χ3v) is 4.47. The van der Waals surface area contributed by atoms with Gasteiger partial charge in [-0.2, -0.15) is 0 Å². The molecule has 0 saturated carbocycles. The van der Waals surface area contributed by atoms with Crippen molar-refractivity contribution < 1.29 is 0 Å². The van der Waals surface area contributed by atoms with Gasteiger partial charge in [-0.05, 0) is 50.3 Å². The standard InChI is InChI=1S/C16H24N2.2ClH/c1-2-6-14(7-3-1)8-4-5-11-18-12-15-9-10-17-16(15)13-18;;/h1-3,6-7,15-17H,4-5,8-13H2;2*1H/t15-,16+;;/m0../s1. The maximum absolute atomic E-state index is 3.62. The van der Waals surface area contributed by atoms with Gasteiger partial charge < -0.3 is 10.2 Å². The van der Waals surface area contributed by atoms with Gasteiger partial charge in [-0.15, -0.1) is 24.8 Å². The van der Waals surface area contributed by atoms with Crippen LogP contribution in [0.25, 0.3) is 0 Å². The minimum absolute atomic E-state index is 0. The molecule has 0 spiro atoms. The third-order valence-electron chi connectivity index (χ3n) is 4.47. The van der Waals surface area contributed by atoms with Crippen molar-refractivity contribution >= 4 is 24.8 Å². The van der Waals surface area contributed by atoms with Crippen LogP contribution in [0.5, 0.6) is 0 Å². The summed E-state index contributed by atoms with van der Waals surface area (Å²) in [5, 5.41) is 3.62.